The number of amides is 5. The van der Waals surface area contributed by atoms with E-state index in [-0.39, 0.29) is 30.2 Å². The van der Waals surface area contributed by atoms with E-state index in [1.165, 1.54) is 27.9 Å². The van der Waals surface area contributed by atoms with Gasteiger partial charge in [0.2, 0.25) is 11.8 Å². The minimum absolute atomic E-state index is 0.140. The number of aryl methyl sites for hydroxylation is 1. The molecule has 12 nitrogen and oxygen atoms in total. The minimum Gasteiger partial charge on any atom is -0.508 e. The predicted molar refractivity (Wildman–Crippen MR) is 236 cm³/mol. The molecule has 5 amide bonds. The first-order chi connectivity index (χ1) is 29.8. The van der Waals surface area contributed by atoms with Crippen LogP contribution in [0.25, 0.3) is 0 Å². The number of piperazine rings is 2. The van der Waals surface area contributed by atoms with Gasteiger partial charge >= 0.3 is 6.03 Å². The van der Waals surface area contributed by atoms with E-state index in [1.54, 1.807) is 12.1 Å². The maximum absolute atomic E-state index is 13.6. The lowest BCUT2D eigenvalue weighted by atomic mass is 9.69. The standard InChI is InChI=1S/C49H57N7O5/c57-41-15-17-43-38(32-41)10-16-42(35-4-2-1-3-5-35)46(43)36-6-11-39(12-7-36)53-26-24-52(25-27-53)33-34-20-22-55(23-21-34)49(61)56-30-28-54(29-31-56)40-13-8-37(9-14-40)47(59)50-44-18-19-45(58)51-48(44)60/h1-9,11-15,17,32,34,42,44,46,57H,10,16,18-31,33H2,(H,50,59)(H,51,58,60)/t42-,44?,46+/m1/s1. The number of urea groups is 1. The number of carbonyl (C=O) groups excluding carboxylic acids is 4. The van der Waals surface area contributed by atoms with Gasteiger partial charge in [-0.05, 0) is 115 Å². The summed E-state index contributed by atoms with van der Waals surface area (Å²) in [7, 11) is 0. The molecule has 4 heterocycles. The number of phenolic OH excluding ortho intramolecular Hbond substituents is 1. The molecule has 0 radical (unpaired) electrons. The van der Waals surface area contributed by atoms with Crippen LogP contribution in [0.5, 0.6) is 5.75 Å². The molecule has 3 N–H and O–H groups in total. The van der Waals surface area contributed by atoms with Crippen LogP contribution in [-0.2, 0) is 16.0 Å². The van der Waals surface area contributed by atoms with Crippen molar-refractivity contribution in [2.24, 2.45) is 5.92 Å². The Morgan fingerprint density at radius 2 is 1.30 bits per heavy atom. The average Bonchev–Trinajstić information content (AvgIpc) is 3.30. The summed E-state index contributed by atoms with van der Waals surface area (Å²) >= 11 is 0. The number of carbonyl (C=O) groups is 4. The van der Waals surface area contributed by atoms with Gasteiger partial charge in [-0.15, -0.1) is 0 Å². The van der Waals surface area contributed by atoms with Crippen molar-refractivity contribution in [3.8, 4) is 5.75 Å². The Kier molecular flexibility index (Phi) is 12.0. The van der Waals surface area contributed by atoms with Crippen LogP contribution >= 0.6 is 0 Å². The molecule has 4 aromatic carbocycles. The summed E-state index contributed by atoms with van der Waals surface area (Å²) in [6.07, 6.45) is 4.61. The van der Waals surface area contributed by atoms with E-state index in [4.69, 9.17) is 0 Å². The van der Waals surface area contributed by atoms with E-state index >= 15 is 0 Å². The van der Waals surface area contributed by atoms with Crippen LogP contribution in [0.3, 0.4) is 0 Å². The van der Waals surface area contributed by atoms with Crippen LogP contribution in [0.4, 0.5) is 16.2 Å². The normalized spacial score (nSPS) is 22.7. The van der Waals surface area contributed by atoms with E-state index in [0.29, 0.717) is 42.7 Å². The Morgan fingerprint density at radius 3 is 1.97 bits per heavy atom. The predicted octanol–water partition coefficient (Wildman–Crippen LogP) is 5.57. The zero-order chi connectivity index (χ0) is 41.9. The largest absolute Gasteiger partial charge is 0.508 e. The van der Waals surface area contributed by atoms with Gasteiger partial charge in [-0.25, -0.2) is 4.79 Å². The van der Waals surface area contributed by atoms with E-state index in [1.807, 2.05) is 34.1 Å². The lowest BCUT2D eigenvalue weighted by Gasteiger charge is -2.42. The Bertz CT molecular complexity index is 2190. The van der Waals surface area contributed by atoms with Crippen LogP contribution < -0.4 is 20.4 Å². The number of nitrogens with one attached hydrogen (secondary N) is 2. The number of benzene rings is 4. The number of phenols is 1. The molecule has 3 atom stereocenters. The lowest BCUT2D eigenvalue weighted by molar-refractivity contribution is -0.134. The molecule has 5 aliphatic rings. The van der Waals surface area contributed by atoms with E-state index in [2.05, 4.69) is 86.0 Å². The molecule has 4 aromatic rings. The van der Waals surface area contributed by atoms with Crippen LogP contribution in [0.15, 0.2) is 97.1 Å². The number of anilines is 2. The Balaban J connectivity index is 0.709. The number of aromatic hydroxyl groups is 1. The van der Waals surface area contributed by atoms with Crippen molar-refractivity contribution in [3.05, 3.63) is 125 Å². The highest BCUT2D eigenvalue weighted by atomic mass is 16.3. The van der Waals surface area contributed by atoms with Gasteiger partial charge in [0.25, 0.3) is 5.91 Å². The molecule has 0 aromatic heterocycles. The first-order valence-corrected chi connectivity index (χ1v) is 22.2. The lowest BCUT2D eigenvalue weighted by Crippen LogP contribution is -2.54. The highest BCUT2D eigenvalue weighted by Crippen LogP contribution is 2.47. The van der Waals surface area contributed by atoms with Crippen LogP contribution in [-0.4, -0.2) is 122 Å². The molecule has 318 valence electrons. The van der Waals surface area contributed by atoms with Gasteiger partial charge in [0.1, 0.15) is 11.8 Å². The number of hydrogen-bond donors (Lipinski definition) is 3. The molecule has 1 aliphatic carbocycles. The number of piperidine rings is 2. The highest BCUT2D eigenvalue weighted by molar-refractivity contribution is 6.03. The first-order valence-electron chi connectivity index (χ1n) is 22.2. The topological polar surface area (TPSA) is 129 Å². The maximum Gasteiger partial charge on any atom is 0.320 e. The van der Waals surface area contributed by atoms with Gasteiger partial charge < -0.3 is 30.0 Å². The molecular formula is C49H57N7O5. The van der Waals surface area contributed by atoms with Crippen LogP contribution in [0, 0.1) is 5.92 Å². The van der Waals surface area contributed by atoms with Gasteiger partial charge in [-0.1, -0.05) is 48.5 Å². The van der Waals surface area contributed by atoms with Crippen LogP contribution in [0.2, 0.25) is 0 Å². The summed E-state index contributed by atoms with van der Waals surface area (Å²) in [5.74, 6) is 0.460. The Morgan fingerprint density at radius 1 is 0.656 bits per heavy atom. The summed E-state index contributed by atoms with van der Waals surface area (Å²) in [6, 6.07) is 32.8. The monoisotopic (exact) mass is 823 g/mol. The molecular weight excluding hydrogens is 767 g/mol. The van der Waals surface area contributed by atoms with Crippen molar-refractivity contribution in [2.75, 3.05) is 81.8 Å². The second-order valence-electron chi connectivity index (χ2n) is 17.5. The smallest absolute Gasteiger partial charge is 0.320 e. The van der Waals surface area contributed by atoms with Crippen molar-refractivity contribution in [3.63, 3.8) is 0 Å². The van der Waals surface area contributed by atoms with Crippen molar-refractivity contribution >= 4 is 35.1 Å². The number of nitrogens with zero attached hydrogens (tertiary/aromatic N) is 5. The molecule has 4 aliphatic heterocycles. The zero-order valence-corrected chi connectivity index (χ0v) is 34.9. The van der Waals surface area contributed by atoms with E-state index in [0.717, 1.165) is 90.3 Å². The van der Waals surface area contributed by atoms with Crippen molar-refractivity contribution in [1.29, 1.82) is 0 Å². The fraction of sp³-hybridized carbons (Fsp3) is 0.429. The first kappa shape index (κ1) is 40.5. The van der Waals surface area contributed by atoms with Gasteiger partial charge in [0.05, 0.1) is 0 Å². The molecule has 0 saturated carbocycles. The minimum atomic E-state index is -0.709. The van der Waals surface area contributed by atoms with Gasteiger partial charge in [0, 0.05) is 101 Å². The number of rotatable bonds is 8. The van der Waals surface area contributed by atoms with Gasteiger partial charge in [-0.2, -0.15) is 0 Å². The third kappa shape index (κ3) is 9.10. The molecule has 9 rings (SSSR count). The zero-order valence-electron chi connectivity index (χ0n) is 34.9. The summed E-state index contributed by atoms with van der Waals surface area (Å²) < 4.78 is 0. The van der Waals surface area contributed by atoms with Crippen LogP contribution in [0.1, 0.15) is 76.6 Å². The maximum atomic E-state index is 13.6. The number of likely N-dealkylation sites (tertiary alicyclic amines) is 1. The number of fused-ring (bicyclic) bond motifs is 1. The number of imide groups is 1. The Hall–Kier alpha value is -5.88. The van der Waals surface area contributed by atoms with Gasteiger partial charge in [-0.3, -0.25) is 24.6 Å². The average molecular weight is 824 g/mol. The third-order valence-electron chi connectivity index (χ3n) is 13.8. The second kappa shape index (κ2) is 18.0. The third-order valence-corrected chi connectivity index (χ3v) is 13.8. The molecule has 0 bridgehead atoms. The van der Waals surface area contributed by atoms with E-state index < -0.39 is 11.9 Å². The SMILES string of the molecule is O=C1CCC(NC(=O)c2ccc(N3CCN(C(=O)N4CCC(CN5CCN(c6ccc([C@@H]7c8ccc(O)cc8CC[C@@H]7c7ccccc7)cc6)CC5)CC4)CC3)cc2)C(=O)N1. The molecule has 0 spiro atoms. The second-order valence-corrected chi connectivity index (χ2v) is 17.5. The highest BCUT2D eigenvalue weighted by Gasteiger charge is 2.34. The fourth-order valence-electron chi connectivity index (χ4n) is 10.3. The van der Waals surface area contributed by atoms with E-state index in [9.17, 15) is 24.3 Å². The molecule has 4 fully saturated rings. The van der Waals surface area contributed by atoms with Gasteiger partial charge in [0.15, 0.2) is 0 Å². The number of hydrogen-bond acceptors (Lipinski definition) is 8. The summed E-state index contributed by atoms with van der Waals surface area (Å²) in [5.41, 5.74) is 8.01. The Labute approximate surface area is 358 Å². The summed E-state index contributed by atoms with van der Waals surface area (Å²) in [4.78, 5) is 61.2. The summed E-state index contributed by atoms with van der Waals surface area (Å²) in [6.45, 7) is 9.52. The summed E-state index contributed by atoms with van der Waals surface area (Å²) in [5, 5.41) is 15.2. The molecule has 61 heavy (non-hydrogen) atoms. The van der Waals surface area contributed by atoms with Crippen molar-refractivity contribution in [1.82, 2.24) is 25.3 Å². The van der Waals surface area contributed by atoms with Crippen molar-refractivity contribution in [2.45, 2.75) is 56.4 Å². The molecule has 12 heteroatoms. The molecule has 1 unspecified atom stereocenters. The molecule has 4 saturated heterocycles. The van der Waals surface area contributed by atoms with Crippen molar-refractivity contribution < 1.29 is 24.3 Å². The fourth-order valence-corrected chi connectivity index (χ4v) is 10.3. The quantitative estimate of drug-likeness (QED) is 0.197.